The van der Waals surface area contributed by atoms with Gasteiger partial charge in [-0.25, -0.2) is 0 Å². The second-order valence-corrected chi connectivity index (χ2v) is 27.4. The van der Waals surface area contributed by atoms with Gasteiger partial charge in [0.05, 0.1) is 5.76 Å². The molecule has 0 aliphatic carbocycles. The van der Waals surface area contributed by atoms with Crippen LogP contribution in [-0.4, -0.2) is 29.1 Å². The first-order valence-electron chi connectivity index (χ1n) is 18.2. The SMILES string of the molecule is CCC(CC)C(=O)/C=C(\O)C(CC)CC.Cc1cc2[c-]c(-c3nccc4c3sc3[c]([Ge]([CH3])([CH3])[CH3])c(C)ccc34)cc(C(C)(C)C)c2cc1C.[Ir]. The van der Waals surface area contributed by atoms with Crippen molar-refractivity contribution >= 4 is 65.7 Å². The Morgan fingerprint density at radius 3 is 1.98 bits per heavy atom. The number of ketones is 1. The number of carbonyl (C=O) groups excluding carboxylic acids is 1. The van der Waals surface area contributed by atoms with Crippen LogP contribution in [0.5, 0.6) is 0 Å². The second kappa shape index (κ2) is 17.0. The molecule has 0 saturated carbocycles. The Balaban J connectivity index is 0.000000361. The van der Waals surface area contributed by atoms with Crippen LogP contribution in [0.25, 0.3) is 42.2 Å². The molecule has 6 heteroatoms. The third-order valence-corrected chi connectivity index (χ3v) is 16.3. The number of aromatic nitrogens is 1. The number of hydrogen-bond acceptors (Lipinski definition) is 4. The van der Waals surface area contributed by atoms with E-state index < -0.39 is 13.3 Å². The fourth-order valence-electron chi connectivity index (χ4n) is 7.06. The van der Waals surface area contributed by atoms with Gasteiger partial charge in [0.2, 0.25) is 0 Å². The third-order valence-electron chi connectivity index (χ3n) is 10.1. The summed E-state index contributed by atoms with van der Waals surface area (Å²) >= 11 is -0.117. The predicted octanol–water partition coefficient (Wildman–Crippen LogP) is 12.7. The van der Waals surface area contributed by atoms with Crippen LogP contribution >= 0.6 is 11.3 Å². The molecule has 0 bridgehead atoms. The molecule has 1 radical (unpaired) electrons. The molecule has 0 atom stereocenters. The van der Waals surface area contributed by atoms with E-state index in [9.17, 15) is 9.90 Å². The van der Waals surface area contributed by atoms with Crippen molar-refractivity contribution in [3.63, 3.8) is 0 Å². The van der Waals surface area contributed by atoms with Crippen molar-refractivity contribution in [2.75, 3.05) is 0 Å². The Morgan fingerprint density at radius 2 is 1.42 bits per heavy atom. The minimum Gasteiger partial charge on any atom is 0 e. The molecule has 5 aromatic rings. The zero-order valence-electron chi connectivity index (χ0n) is 32.6. The predicted molar refractivity (Wildman–Crippen MR) is 219 cm³/mol. The summed E-state index contributed by atoms with van der Waals surface area (Å²) in [7, 11) is 0. The van der Waals surface area contributed by atoms with Gasteiger partial charge in [-0.3, -0.25) is 4.79 Å². The Hall–Kier alpha value is -2.31. The van der Waals surface area contributed by atoms with Crippen LogP contribution in [-0.2, 0) is 30.3 Å². The van der Waals surface area contributed by atoms with E-state index in [0.29, 0.717) is 0 Å². The second-order valence-electron chi connectivity index (χ2n) is 15.8. The van der Waals surface area contributed by atoms with E-state index in [4.69, 9.17) is 4.98 Å². The van der Waals surface area contributed by atoms with Crippen molar-refractivity contribution in [2.24, 2.45) is 11.8 Å². The summed E-state index contributed by atoms with van der Waals surface area (Å²) in [5.41, 5.74) is 7.65. The molecule has 3 nitrogen and oxygen atoms in total. The van der Waals surface area contributed by atoms with Gasteiger partial charge in [0, 0.05) is 38.0 Å². The van der Waals surface area contributed by atoms with Crippen LogP contribution in [0.2, 0.25) is 17.3 Å². The number of benzene rings is 3. The fraction of sp³-hybridized carbons (Fsp3) is 0.455. The first-order valence-corrected chi connectivity index (χ1v) is 26.4. The summed E-state index contributed by atoms with van der Waals surface area (Å²) in [5, 5.41) is 15.0. The maximum absolute atomic E-state index is 11.7. The molecule has 0 fully saturated rings. The van der Waals surface area contributed by atoms with Gasteiger partial charge < -0.3 is 5.11 Å². The molecular weight excluding hydrogens is 871 g/mol. The fourth-order valence-corrected chi connectivity index (χ4v) is 14.6. The Bertz CT molecular complexity index is 2000. The number of carbonyl (C=O) groups is 1. The molecule has 5 rings (SSSR count). The van der Waals surface area contributed by atoms with Crippen molar-refractivity contribution < 1.29 is 30.0 Å². The number of pyridine rings is 1. The topological polar surface area (TPSA) is 50.2 Å². The summed E-state index contributed by atoms with van der Waals surface area (Å²) < 4.78 is 4.39. The average Bonchev–Trinajstić information content (AvgIpc) is 3.40. The third kappa shape index (κ3) is 9.00. The zero-order valence-corrected chi connectivity index (χ0v) is 38.0. The number of aliphatic hydroxyl groups excluding tert-OH is 1. The summed E-state index contributed by atoms with van der Waals surface area (Å²) in [6.45, 7) is 21.7. The van der Waals surface area contributed by atoms with Crippen LogP contribution < -0.4 is 4.40 Å². The smallest absolute Gasteiger partial charge is 0 e. The summed E-state index contributed by atoms with van der Waals surface area (Å²) in [4.78, 5) is 16.7. The van der Waals surface area contributed by atoms with Gasteiger partial charge in [-0.2, -0.15) is 0 Å². The molecule has 50 heavy (non-hydrogen) atoms. The quantitative estimate of drug-likeness (QED) is 0.0693. The van der Waals surface area contributed by atoms with E-state index in [1.807, 2.05) is 45.2 Å². The van der Waals surface area contributed by atoms with Gasteiger partial charge in [-0.1, -0.05) is 27.7 Å². The zero-order chi connectivity index (χ0) is 36.4. The van der Waals surface area contributed by atoms with Gasteiger partial charge in [0.15, 0.2) is 5.78 Å². The minimum absolute atomic E-state index is 0. The molecule has 3 aromatic carbocycles. The molecule has 0 amide bonds. The van der Waals surface area contributed by atoms with Crippen LogP contribution in [0, 0.1) is 38.7 Å². The van der Waals surface area contributed by atoms with Crippen molar-refractivity contribution in [1.82, 2.24) is 4.98 Å². The first kappa shape index (κ1) is 42.1. The molecule has 2 aromatic heterocycles. The molecule has 0 unspecified atom stereocenters. The number of aryl methyl sites for hydroxylation is 3. The molecule has 0 aliphatic rings. The monoisotopic (exact) mass is 931 g/mol. The van der Waals surface area contributed by atoms with Crippen molar-refractivity contribution in [2.45, 2.75) is 118 Å². The van der Waals surface area contributed by atoms with Crippen LogP contribution in [0.3, 0.4) is 0 Å². The molecule has 271 valence electrons. The molecule has 0 aliphatic heterocycles. The number of allylic oxidation sites excluding steroid dienone is 2. The van der Waals surface area contributed by atoms with Crippen LogP contribution in [0.15, 0.2) is 54.4 Å². The van der Waals surface area contributed by atoms with Crippen LogP contribution in [0.4, 0.5) is 0 Å². The molecule has 0 saturated heterocycles. The summed E-state index contributed by atoms with van der Waals surface area (Å²) in [5.74, 6) is 8.05. The van der Waals surface area contributed by atoms with E-state index in [1.165, 1.54) is 59.3 Å². The average molecular weight is 930 g/mol. The van der Waals surface area contributed by atoms with E-state index in [-0.39, 0.29) is 48.9 Å². The van der Waals surface area contributed by atoms with Gasteiger partial charge in [-0.15, -0.1) is 0 Å². The van der Waals surface area contributed by atoms with E-state index in [0.717, 1.165) is 36.9 Å². The number of nitrogens with zero attached hydrogens (tertiary/aromatic N) is 1. The van der Waals surface area contributed by atoms with Gasteiger partial charge in [0.1, 0.15) is 0 Å². The van der Waals surface area contributed by atoms with E-state index >= 15 is 0 Å². The van der Waals surface area contributed by atoms with Gasteiger partial charge in [-0.05, 0) is 25.7 Å². The molecule has 0 spiro atoms. The minimum atomic E-state index is -2.06. The standard InChI is InChI=1S/C31H34GeNS.C13H24O2.Ir/c1-18-10-11-23-24-12-13-33-28(30(24)34-29(23)27(18)32(7,8)9)22-16-21-14-19(2)20(3)15-25(21)26(17-22)31(4,5)6;1-5-10(6-2)12(14)9-13(15)11(7-3)8-4;/h10-15,17H,1-9H3;9-11,14H,5-8H2,1-4H3;/q-1;;/b;12-9-;. The summed E-state index contributed by atoms with van der Waals surface area (Å²) in [6.07, 6.45) is 6.89. The Morgan fingerprint density at radius 1 is 0.840 bits per heavy atom. The Kier molecular flexibility index (Phi) is 14.3. The number of aliphatic hydroxyl groups is 1. The van der Waals surface area contributed by atoms with Crippen molar-refractivity contribution in [1.29, 1.82) is 0 Å². The van der Waals surface area contributed by atoms with Crippen molar-refractivity contribution in [3.8, 4) is 11.3 Å². The van der Waals surface area contributed by atoms with E-state index in [1.54, 1.807) is 4.40 Å². The molecule has 1 N–H and O–H groups in total. The van der Waals surface area contributed by atoms with Gasteiger partial charge >= 0.3 is 211 Å². The van der Waals surface area contributed by atoms with Crippen LogP contribution in [0.1, 0.15) is 96.4 Å². The van der Waals surface area contributed by atoms with Gasteiger partial charge in [0.25, 0.3) is 0 Å². The van der Waals surface area contributed by atoms with Crippen molar-refractivity contribution in [3.05, 3.63) is 82.8 Å². The van der Waals surface area contributed by atoms with E-state index in [2.05, 4.69) is 101 Å². The number of fused-ring (bicyclic) bond motifs is 4. The number of hydrogen-bond donors (Lipinski definition) is 1. The normalized spacial score (nSPS) is 12.5. The molecular formula is C44H58GeIrNO2S-. The number of rotatable bonds is 9. The maximum atomic E-state index is 11.7. The molecule has 2 heterocycles. The Labute approximate surface area is 322 Å². The summed E-state index contributed by atoms with van der Waals surface area (Å²) in [6, 6.07) is 17.6. The first-order chi connectivity index (χ1) is 23.0. The number of thiophene rings is 1.